The van der Waals surface area contributed by atoms with Gasteiger partial charge in [0, 0.05) is 38.8 Å². The molecular weight excluding hydrogens is 238 g/mol. The first-order chi connectivity index (χ1) is 8.98. The van der Waals surface area contributed by atoms with Gasteiger partial charge < -0.3 is 15.1 Å². The highest BCUT2D eigenvalue weighted by molar-refractivity contribution is 5.74. The highest BCUT2D eigenvalue weighted by atomic mass is 16.1. The van der Waals surface area contributed by atoms with Gasteiger partial charge in [0.2, 0.25) is 5.91 Å². The number of allylic oxidation sites excluding steroid dienone is 3. The van der Waals surface area contributed by atoms with Crippen LogP contribution in [0, 0.1) is 0 Å². The van der Waals surface area contributed by atoms with E-state index in [1.165, 1.54) is 5.70 Å². The van der Waals surface area contributed by atoms with E-state index >= 15 is 0 Å². The Kier molecular flexibility index (Phi) is 4.10. The molecule has 1 aliphatic heterocycles. The molecule has 1 fully saturated rings. The normalized spacial score (nSPS) is 27.9. The predicted octanol–water partition coefficient (Wildman–Crippen LogP) is 1.14. The van der Waals surface area contributed by atoms with Gasteiger partial charge in [-0.15, -0.1) is 0 Å². The van der Waals surface area contributed by atoms with Crippen LogP contribution in [0.4, 0.5) is 0 Å². The zero-order chi connectivity index (χ0) is 13.9. The first-order valence-electron chi connectivity index (χ1n) is 6.79. The van der Waals surface area contributed by atoms with E-state index in [-0.39, 0.29) is 5.91 Å². The van der Waals surface area contributed by atoms with Crippen molar-refractivity contribution in [1.29, 1.82) is 0 Å². The number of rotatable bonds is 2. The molecule has 1 aliphatic carbocycles. The largest absolute Gasteiger partial charge is 0.369 e. The van der Waals surface area contributed by atoms with Gasteiger partial charge in [-0.25, -0.2) is 0 Å². The summed E-state index contributed by atoms with van der Waals surface area (Å²) in [5, 5.41) is 3.00. The molecule has 2 rings (SSSR count). The molecule has 1 saturated heterocycles. The lowest BCUT2D eigenvalue weighted by molar-refractivity contribution is -0.119. The summed E-state index contributed by atoms with van der Waals surface area (Å²) in [6, 6.07) is 0. The van der Waals surface area contributed by atoms with Crippen molar-refractivity contribution in [3.63, 3.8) is 0 Å². The van der Waals surface area contributed by atoms with Gasteiger partial charge in [0.05, 0.1) is 5.54 Å². The van der Waals surface area contributed by atoms with Crippen LogP contribution in [0.25, 0.3) is 0 Å². The Balaban J connectivity index is 2.16. The summed E-state index contributed by atoms with van der Waals surface area (Å²) in [7, 11) is 2.15. The first kappa shape index (κ1) is 13.9. The van der Waals surface area contributed by atoms with E-state index in [0.717, 1.165) is 26.2 Å². The maximum atomic E-state index is 11.3. The molecule has 1 atom stereocenters. The SMILES string of the molecule is CC(=O)NC1(C)C=CC=CC(N2CCN(C)CC2)=C1. The molecule has 4 heteroatoms. The summed E-state index contributed by atoms with van der Waals surface area (Å²) in [6.45, 7) is 7.80. The van der Waals surface area contributed by atoms with E-state index < -0.39 is 5.54 Å². The lowest BCUT2D eigenvalue weighted by atomic mass is 10.0. The van der Waals surface area contributed by atoms with E-state index in [4.69, 9.17) is 0 Å². The van der Waals surface area contributed by atoms with Crippen LogP contribution in [0.15, 0.2) is 36.1 Å². The Labute approximate surface area is 115 Å². The second-order valence-electron chi connectivity index (χ2n) is 5.54. The van der Waals surface area contributed by atoms with Gasteiger partial charge in [0.25, 0.3) is 0 Å². The Morgan fingerprint density at radius 2 is 1.95 bits per heavy atom. The standard InChI is InChI=1S/C15H23N3O/c1-13(19)16-15(2)7-5-4-6-14(12-15)18-10-8-17(3)9-11-18/h4-7,12H,8-11H2,1-3H3,(H,16,19). The Morgan fingerprint density at radius 1 is 1.26 bits per heavy atom. The molecule has 0 aromatic rings. The minimum absolute atomic E-state index is 0.0111. The smallest absolute Gasteiger partial charge is 0.217 e. The monoisotopic (exact) mass is 261 g/mol. The maximum absolute atomic E-state index is 11.3. The lowest BCUT2D eigenvalue weighted by Gasteiger charge is -2.36. The van der Waals surface area contributed by atoms with Gasteiger partial charge in [-0.3, -0.25) is 4.79 Å². The summed E-state index contributed by atoms with van der Waals surface area (Å²) in [5.41, 5.74) is 0.780. The van der Waals surface area contributed by atoms with Gasteiger partial charge in [-0.05, 0) is 26.1 Å². The van der Waals surface area contributed by atoms with Crippen molar-refractivity contribution in [2.24, 2.45) is 0 Å². The fourth-order valence-corrected chi connectivity index (χ4v) is 2.53. The average molecular weight is 261 g/mol. The molecule has 1 N–H and O–H groups in total. The first-order valence-corrected chi connectivity index (χ1v) is 6.79. The molecule has 0 spiro atoms. The summed E-state index contributed by atoms with van der Waals surface area (Å²) in [6.07, 6.45) is 10.3. The minimum atomic E-state index is -0.409. The molecule has 0 saturated carbocycles. The second-order valence-corrected chi connectivity index (χ2v) is 5.54. The van der Waals surface area contributed by atoms with Gasteiger partial charge >= 0.3 is 0 Å². The van der Waals surface area contributed by atoms with Gasteiger partial charge in [-0.1, -0.05) is 18.2 Å². The van der Waals surface area contributed by atoms with Crippen molar-refractivity contribution in [1.82, 2.24) is 15.1 Å². The zero-order valence-corrected chi connectivity index (χ0v) is 12.0. The van der Waals surface area contributed by atoms with Gasteiger partial charge in [0.1, 0.15) is 0 Å². The van der Waals surface area contributed by atoms with Crippen molar-refractivity contribution in [2.75, 3.05) is 33.2 Å². The van der Waals surface area contributed by atoms with Crippen molar-refractivity contribution in [3.05, 3.63) is 36.1 Å². The minimum Gasteiger partial charge on any atom is -0.369 e. The lowest BCUT2D eigenvalue weighted by Crippen LogP contribution is -2.46. The van der Waals surface area contributed by atoms with E-state index in [1.54, 1.807) is 6.92 Å². The molecule has 104 valence electrons. The molecule has 1 amide bonds. The van der Waals surface area contributed by atoms with Crippen LogP contribution in [-0.2, 0) is 4.79 Å². The fraction of sp³-hybridized carbons (Fsp3) is 0.533. The van der Waals surface area contributed by atoms with Crippen molar-refractivity contribution in [2.45, 2.75) is 19.4 Å². The fourth-order valence-electron chi connectivity index (χ4n) is 2.53. The van der Waals surface area contributed by atoms with Crippen LogP contribution in [0.2, 0.25) is 0 Å². The molecule has 0 aromatic carbocycles. The highest BCUT2D eigenvalue weighted by Crippen LogP contribution is 2.19. The third kappa shape index (κ3) is 3.70. The molecule has 2 aliphatic rings. The molecule has 1 heterocycles. The number of nitrogens with one attached hydrogen (secondary N) is 1. The van der Waals surface area contributed by atoms with Crippen LogP contribution >= 0.6 is 0 Å². The average Bonchev–Trinajstić information content (AvgIpc) is 2.51. The summed E-state index contributed by atoms with van der Waals surface area (Å²) in [4.78, 5) is 16.1. The molecule has 1 unspecified atom stereocenters. The quantitative estimate of drug-likeness (QED) is 0.809. The summed E-state index contributed by atoms with van der Waals surface area (Å²) >= 11 is 0. The number of carbonyl (C=O) groups is 1. The molecule has 0 radical (unpaired) electrons. The molecule has 0 aromatic heterocycles. The third-order valence-electron chi connectivity index (χ3n) is 3.58. The van der Waals surface area contributed by atoms with Crippen LogP contribution in [0.5, 0.6) is 0 Å². The Bertz CT molecular complexity index is 431. The zero-order valence-electron chi connectivity index (χ0n) is 12.0. The number of nitrogens with zero attached hydrogens (tertiary/aromatic N) is 2. The molecular formula is C15H23N3O. The number of likely N-dealkylation sites (N-methyl/N-ethyl adjacent to an activating group) is 1. The summed E-state index contributed by atoms with van der Waals surface area (Å²) in [5.74, 6) is -0.0111. The van der Waals surface area contributed by atoms with Crippen LogP contribution in [-0.4, -0.2) is 54.5 Å². The van der Waals surface area contributed by atoms with E-state index in [2.05, 4.69) is 34.3 Å². The van der Waals surface area contributed by atoms with Crippen molar-refractivity contribution >= 4 is 5.91 Å². The van der Waals surface area contributed by atoms with Crippen LogP contribution in [0.1, 0.15) is 13.8 Å². The number of carbonyl (C=O) groups excluding carboxylic acids is 1. The van der Waals surface area contributed by atoms with Crippen LogP contribution in [0.3, 0.4) is 0 Å². The molecule has 4 nitrogen and oxygen atoms in total. The van der Waals surface area contributed by atoms with Gasteiger partial charge in [-0.2, -0.15) is 0 Å². The van der Waals surface area contributed by atoms with E-state index in [9.17, 15) is 4.79 Å². The van der Waals surface area contributed by atoms with Crippen LogP contribution < -0.4 is 5.32 Å². The number of amides is 1. The second kappa shape index (κ2) is 5.61. The molecule has 0 bridgehead atoms. The third-order valence-corrected chi connectivity index (χ3v) is 3.58. The van der Waals surface area contributed by atoms with Crippen molar-refractivity contribution in [3.8, 4) is 0 Å². The number of piperazine rings is 1. The topological polar surface area (TPSA) is 35.6 Å². The Morgan fingerprint density at radius 3 is 2.58 bits per heavy atom. The number of hydrogen-bond acceptors (Lipinski definition) is 3. The maximum Gasteiger partial charge on any atom is 0.217 e. The van der Waals surface area contributed by atoms with E-state index in [0.29, 0.717) is 0 Å². The Hall–Kier alpha value is -1.55. The van der Waals surface area contributed by atoms with E-state index in [1.807, 2.05) is 25.2 Å². The highest BCUT2D eigenvalue weighted by Gasteiger charge is 2.23. The number of hydrogen-bond donors (Lipinski definition) is 1. The predicted molar refractivity (Wildman–Crippen MR) is 77.7 cm³/mol. The summed E-state index contributed by atoms with van der Waals surface area (Å²) < 4.78 is 0. The van der Waals surface area contributed by atoms with Crippen molar-refractivity contribution < 1.29 is 4.79 Å². The van der Waals surface area contributed by atoms with Gasteiger partial charge in [0.15, 0.2) is 0 Å². The molecule has 19 heavy (non-hydrogen) atoms.